The highest BCUT2D eigenvalue weighted by Crippen LogP contribution is 2.29. The van der Waals surface area contributed by atoms with Gasteiger partial charge in [-0.1, -0.05) is 18.2 Å². The van der Waals surface area contributed by atoms with E-state index in [1.165, 1.54) is 12.1 Å². The fraction of sp³-hybridized carbons (Fsp3) is 0. The molecule has 0 unspecified atom stereocenters. The summed E-state index contributed by atoms with van der Waals surface area (Å²) >= 11 is 1.01. The number of thioether (sulfide) groups is 1. The van der Waals surface area contributed by atoms with Crippen molar-refractivity contribution in [3.05, 3.63) is 52.6 Å². The van der Waals surface area contributed by atoms with Crippen molar-refractivity contribution in [1.29, 1.82) is 5.41 Å². The van der Waals surface area contributed by atoms with E-state index in [0.29, 0.717) is 22.0 Å². The molecule has 3 N–H and O–H groups in total. The molecule has 110 valence electrons. The van der Waals surface area contributed by atoms with E-state index in [4.69, 9.17) is 9.83 Å². The Morgan fingerprint density at radius 2 is 2.05 bits per heavy atom. The smallest absolute Gasteiger partial charge is 0.336 e. The number of carboxylic acid groups (broad SMARTS) is 1. The molecule has 0 radical (unpaired) electrons. The summed E-state index contributed by atoms with van der Waals surface area (Å²) in [5, 5.41) is 19.0. The minimum atomic E-state index is -1.04. The van der Waals surface area contributed by atoms with E-state index >= 15 is 0 Å². The number of benzene rings is 1. The third kappa shape index (κ3) is 2.66. The molecule has 1 aromatic carbocycles. The highest BCUT2D eigenvalue weighted by Gasteiger charge is 2.23. The Morgan fingerprint density at radius 1 is 1.27 bits per heavy atom. The van der Waals surface area contributed by atoms with Gasteiger partial charge >= 0.3 is 5.97 Å². The number of carbonyl (C=O) groups is 2. The highest BCUT2D eigenvalue weighted by molar-refractivity contribution is 8.18. The molecule has 0 saturated carbocycles. The van der Waals surface area contributed by atoms with Gasteiger partial charge in [-0.3, -0.25) is 10.2 Å². The molecule has 7 heteroatoms. The summed E-state index contributed by atoms with van der Waals surface area (Å²) in [5.74, 6) is -0.559. The maximum absolute atomic E-state index is 11.5. The normalized spacial score (nSPS) is 16.1. The van der Waals surface area contributed by atoms with Gasteiger partial charge < -0.3 is 14.8 Å². The Hall–Kier alpha value is -2.80. The largest absolute Gasteiger partial charge is 0.478 e. The molecule has 1 saturated heterocycles. The van der Waals surface area contributed by atoms with E-state index in [9.17, 15) is 14.7 Å². The van der Waals surface area contributed by atoms with Crippen molar-refractivity contribution in [1.82, 2.24) is 5.32 Å². The highest BCUT2D eigenvalue weighted by atomic mass is 32.2. The Bertz CT molecular complexity index is 822. The molecule has 2 heterocycles. The lowest BCUT2D eigenvalue weighted by atomic mass is 10.1. The van der Waals surface area contributed by atoms with Crippen molar-refractivity contribution >= 4 is 34.9 Å². The molecule has 0 spiro atoms. The van der Waals surface area contributed by atoms with Crippen LogP contribution < -0.4 is 5.32 Å². The summed E-state index contributed by atoms with van der Waals surface area (Å²) in [4.78, 5) is 23.1. The van der Waals surface area contributed by atoms with E-state index in [2.05, 4.69) is 5.32 Å². The SMILES string of the molecule is N=C1NC(=O)C(=Cc2ccc(-c3ccccc3C(=O)O)o2)S1. The quantitative estimate of drug-likeness (QED) is 0.756. The zero-order valence-electron chi connectivity index (χ0n) is 11.1. The molecule has 1 aliphatic heterocycles. The molecule has 0 atom stereocenters. The molecule has 3 rings (SSSR count). The first-order valence-electron chi connectivity index (χ1n) is 6.26. The molecular weight excluding hydrogens is 304 g/mol. The number of carbonyl (C=O) groups excluding carboxylic acids is 1. The van der Waals surface area contributed by atoms with Crippen LogP contribution in [0.3, 0.4) is 0 Å². The lowest BCUT2D eigenvalue weighted by molar-refractivity contribution is -0.115. The van der Waals surface area contributed by atoms with Crippen molar-refractivity contribution in [2.75, 3.05) is 0 Å². The zero-order valence-corrected chi connectivity index (χ0v) is 11.9. The number of amides is 1. The molecule has 1 aliphatic rings. The summed E-state index contributed by atoms with van der Waals surface area (Å²) in [6.07, 6.45) is 1.52. The molecular formula is C15H10N2O4S. The van der Waals surface area contributed by atoms with E-state index in [1.54, 1.807) is 30.3 Å². The van der Waals surface area contributed by atoms with Gasteiger partial charge in [0.1, 0.15) is 11.5 Å². The molecule has 6 nitrogen and oxygen atoms in total. The van der Waals surface area contributed by atoms with Crippen molar-refractivity contribution in [3.8, 4) is 11.3 Å². The average Bonchev–Trinajstić information content (AvgIpc) is 3.06. The monoisotopic (exact) mass is 314 g/mol. The Morgan fingerprint density at radius 3 is 2.73 bits per heavy atom. The standard InChI is InChI=1S/C15H10N2O4S/c16-15-17-13(18)12(22-15)7-8-5-6-11(21-8)9-3-1-2-4-10(9)14(19)20/h1-7H,(H,19,20)(H2,16,17,18). The minimum absolute atomic E-state index is 0.0688. The number of rotatable bonds is 3. The first-order chi connectivity index (χ1) is 10.5. The average molecular weight is 314 g/mol. The lowest BCUT2D eigenvalue weighted by Crippen LogP contribution is -2.18. The number of carboxylic acids is 1. The Kier molecular flexibility index (Phi) is 3.56. The van der Waals surface area contributed by atoms with Crippen molar-refractivity contribution in [2.45, 2.75) is 0 Å². The summed E-state index contributed by atoms with van der Waals surface area (Å²) in [6, 6.07) is 9.83. The van der Waals surface area contributed by atoms with Gasteiger partial charge in [-0.2, -0.15) is 0 Å². The second-order valence-electron chi connectivity index (χ2n) is 4.45. The van der Waals surface area contributed by atoms with Crippen LogP contribution in [-0.2, 0) is 4.79 Å². The van der Waals surface area contributed by atoms with Gasteiger partial charge in [0.05, 0.1) is 10.5 Å². The van der Waals surface area contributed by atoms with Crippen LogP contribution in [0.1, 0.15) is 16.1 Å². The van der Waals surface area contributed by atoms with Gasteiger partial charge in [0.15, 0.2) is 5.17 Å². The number of amidine groups is 1. The number of nitrogens with one attached hydrogen (secondary N) is 2. The van der Waals surface area contributed by atoms with E-state index in [1.807, 2.05) is 0 Å². The maximum Gasteiger partial charge on any atom is 0.336 e. The molecule has 0 aliphatic carbocycles. The minimum Gasteiger partial charge on any atom is -0.478 e. The van der Waals surface area contributed by atoms with Crippen LogP contribution in [0.25, 0.3) is 17.4 Å². The summed E-state index contributed by atoms with van der Waals surface area (Å²) in [7, 11) is 0. The van der Waals surface area contributed by atoms with Gasteiger partial charge in [0.2, 0.25) is 0 Å². The van der Waals surface area contributed by atoms with E-state index < -0.39 is 5.97 Å². The number of furan rings is 1. The lowest BCUT2D eigenvalue weighted by Gasteiger charge is -2.01. The van der Waals surface area contributed by atoms with Crippen molar-refractivity contribution < 1.29 is 19.1 Å². The third-order valence-electron chi connectivity index (χ3n) is 2.99. The molecule has 22 heavy (non-hydrogen) atoms. The van der Waals surface area contributed by atoms with Crippen LogP contribution in [0.15, 0.2) is 45.7 Å². The van der Waals surface area contributed by atoms with E-state index in [-0.39, 0.29) is 16.6 Å². The van der Waals surface area contributed by atoms with Crippen molar-refractivity contribution in [3.63, 3.8) is 0 Å². The fourth-order valence-corrected chi connectivity index (χ4v) is 2.71. The van der Waals surface area contributed by atoms with Gasteiger partial charge in [0, 0.05) is 11.6 Å². The van der Waals surface area contributed by atoms with Gasteiger partial charge in [0.25, 0.3) is 5.91 Å². The fourth-order valence-electron chi connectivity index (χ4n) is 2.03. The first kappa shape index (κ1) is 14.2. The second kappa shape index (κ2) is 5.53. The third-order valence-corrected chi connectivity index (χ3v) is 3.82. The Labute approximate surface area is 129 Å². The topological polar surface area (TPSA) is 103 Å². The van der Waals surface area contributed by atoms with Crippen LogP contribution in [-0.4, -0.2) is 22.2 Å². The van der Waals surface area contributed by atoms with Crippen LogP contribution in [0, 0.1) is 5.41 Å². The summed E-state index contributed by atoms with van der Waals surface area (Å²) in [6.45, 7) is 0. The number of aromatic carboxylic acids is 1. The Balaban J connectivity index is 1.95. The summed E-state index contributed by atoms with van der Waals surface area (Å²) in [5.41, 5.74) is 0.613. The van der Waals surface area contributed by atoms with Crippen LogP contribution in [0.5, 0.6) is 0 Å². The predicted octanol–water partition coefficient (Wildman–Crippen LogP) is 2.78. The summed E-state index contributed by atoms with van der Waals surface area (Å²) < 4.78 is 5.60. The second-order valence-corrected chi connectivity index (χ2v) is 5.50. The zero-order chi connectivity index (χ0) is 15.7. The number of hydrogen-bond donors (Lipinski definition) is 3. The van der Waals surface area contributed by atoms with Crippen LogP contribution in [0.2, 0.25) is 0 Å². The molecule has 1 amide bonds. The van der Waals surface area contributed by atoms with Gasteiger partial charge in [-0.15, -0.1) is 0 Å². The predicted molar refractivity (Wildman–Crippen MR) is 82.5 cm³/mol. The van der Waals surface area contributed by atoms with Crippen LogP contribution >= 0.6 is 11.8 Å². The number of hydrogen-bond acceptors (Lipinski definition) is 5. The molecule has 2 aromatic rings. The first-order valence-corrected chi connectivity index (χ1v) is 7.08. The molecule has 0 bridgehead atoms. The van der Waals surface area contributed by atoms with E-state index in [0.717, 1.165) is 11.8 Å². The molecule has 1 fully saturated rings. The van der Waals surface area contributed by atoms with Crippen molar-refractivity contribution in [2.24, 2.45) is 0 Å². The van der Waals surface area contributed by atoms with Crippen LogP contribution in [0.4, 0.5) is 0 Å². The van der Waals surface area contributed by atoms with Gasteiger partial charge in [-0.25, -0.2) is 4.79 Å². The molecule has 1 aromatic heterocycles. The maximum atomic E-state index is 11.5. The van der Waals surface area contributed by atoms with Gasteiger partial charge in [-0.05, 0) is 30.0 Å².